The third-order valence-electron chi connectivity index (χ3n) is 3.05. The first-order valence-corrected chi connectivity index (χ1v) is 6.79. The van der Waals surface area contributed by atoms with Crippen molar-refractivity contribution in [1.29, 1.82) is 0 Å². The maximum absolute atomic E-state index is 5.23. The Bertz CT molecular complexity index is 334. The van der Waals surface area contributed by atoms with Gasteiger partial charge in [-0.05, 0) is 44.2 Å². The van der Waals surface area contributed by atoms with Crippen molar-refractivity contribution in [2.45, 2.75) is 37.0 Å². The van der Waals surface area contributed by atoms with Crippen LogP contribution in [0.25, 0.3) is 0 Å². The van der Waals surface area contributed by atoms with E-state index < -0.39 is 0 Å². The van der Waals surface area contributed by atoms with Crippen molar-refractivity contribution < 1.29 is 0 Å². The van der Waals surface area contributed by atoms with Crippen molar-refractivity contribution >= 4 is 24.0 Å². The van der Waals surface area contributed by atoms with E-state index in [1.807, 2.05) is 18.0 Å². The molecule has 0 atom stereocenters. The molecule has 1 fully saturated rings. The van der Waals surface area contributed by atoms with Gasteiger partial charge < -0.3 is 9.55 Å². The quantitative estimate of drug-likeness (QED) is 0.783. The summed E-state index contributed by atoms with van der Waals surface area (Å²) in [5, 5.41) is 0.874. The minimum atomic E-state index is 0.636. The van der Waals surface area contributed by atoms with E-state index in [-0.39, 0.29) is 0 Å². The lowest BCUT2D eigenvalue weighted by atomic mass is 9.95. The number of aromatic nitrogens is 2. The van der Waals surface area contributed by atoms with Crippen LogP contribution in [0.5, 0.6) is 0 Å². The summed E-state index contributed by atoms with van der Waals surface area (Å²) in [6, 6.07) is 0.636. The lowest BCUT2D eigenvalue weighted by molar-refractivity contribution is 0.357. The van der Waals surface area contributed by atoms with Gasteiger partial charge >= 0.3 is 0 Å². The molecular weight excluding hydrogens is 212 g/mol. The maximum Gasteiger partial charge on any atom is 0.177 e. The molecule has 0 bridgehead atoms. The van der Waals surface area contributed by atoms with Crippen molar-refractivity contribution in [3.63, 3.8) is 0 Å². The fourth-order valence-electron chi connectivity index (χ4n) is 2.18. The molecule has 2 nitrogen and oxygen atoms in total. The van der Waals surface area contributed by atoms with E-state index in [0.717, 1.165) is 10.0 Å². The molecular formula is C10H16N2S2. The van der Waals surface area contributed by atoms with Crippen LogP contribution in [0.2, 0.25) is 0 Å². The number of H-pyrrole nitrogens is 1. The van der Waals surface area contributed by atoms with E-state index in [0.29, 0.717) is 6.04 Å². The zero-order valence-corrected chi connectivity index (χ0v) is 10.0. The lowest BCUT2D eigenvalue weighted by Gasteiger charge is -2.28. The molecule has 1 aliphatic rings. The number of hydrogen-bond donors (Lipinski definition) is 1. The monoisotopic (exact) mass is 228 g/mol. The highest BCUT2D eigenvalue weighted by Gasteiger charge is 2.21. The van der Waals surface area contributed by atoms with Crippen molar-refractivity contribution in [1.82, 2.24) is 9.55 Å². The average molecular weight is 228 g/mol. The first-order chi connectivity index (χ1) is 6.81. The molecule has 1 saturated carbocycles. The van der Waals surface area contributed by atoms with Gasteiger partial charge in [0, 0.05) is 23.7 Å². The second-order valence-electron chi connectivity index (χ2n) is 3.84. The average Bonchev–Trinajstić information content (AvgIpc) is 2.65. The number of nitrogens with zero attached hydrogens (tertiary/aromatic N) is 1. The molecule has 1 heterocycles. The Kier molecular flexibility index (Phi) is 3.34. The topological polar surface area (TPSA) is 20.7 Å². The van der Waals surface area contributed by atoms with Crippen LogP contribution in [-0.2, 0) is 0 Å². The molecule has 0 amide bonds. The second-order valence-corrected chi connectivity index (χ2v) is 5.36. The van der Waals surface area contributed by atoms with Crippen molar-refractivity contribution in [3.8, 4) is 0 Å². The molecule has 1 aromatic rings. The van der Waals surface area contributed by atoms with Crippen LogP contribution in [0, 0.1) is 4.77 Å². The molecule has 0 aliphatic heterocycles. The van der Waals surface area contributed by atoms with Gasteiger partial charge in [0.05, 0.1) is 0 Å². The highest BCUT2D eigenvalue weighted by atomic mass is 32.2. The first-order valence-electron chi connectivity index (χ1n) is 5.09. The van der Waals surface area contributed by atoms with Gasteiger partial charge in [0.1, 0.15) is 0 Å². The van der Waals surface area contributed by atoms with Gasteiger partial charge in [-0.15, -0.1) is 0 Å². The minimum Gasteiger partial charge on any atom is -0.337 e. The summed E-state index contributed by atoms with van der Waals surface area (Å²) in [5.74, 6) is 0. The molecule has 4 heteroatoms. The summed E-state index contributed by atoms with van der Waals surface area (Å²) in [6.45, 7) is 0. The smallest absolute Gasteiger partial charge is 0.177 e. The Labute approximate surface area is 94.1 Å². The summed E-state index contributed by atoms with van der Waals surface area (Å²) in [4.78, 5) is 3.06. The summed E-state index contributed by atoms with van der Waals surface area (Å²) < 4.78 is 3.09. The molecule has 0 unspecified atom stereocenters. The Balaban J connectivity index is 2.02. The molecule has 0 radical (unpaired) electrons. The summed E-state index contributed by atoms with van der Waals surface area (Å²) in [6.07, 6.45) is 11.4. The molecule has 1 aliphatic carbocycles. The molecule has 0 saturated heterocycles. The number of nitrogens with one attached hydrogen (secondary N) is 1. The van der Waals surface area contributed by atoms with E-state index in [9.17, 15) is 0 Å². The van der Waals surface area contributed by atoms with Gasteiger partial charge in [-0.1, -0.05) is 0 Å². The van der Waals surface area contributed by atoms with Gasteiger partial charge in [-0.25, -0.2) is 0 Å². The summed E-state index contributed by atoms with van der Waals surface area (Å²) >= 11 is 7.23. The fraction of sp³-hybridized carbons (Fsp3) is 0.700. The first kappa shape index (κ1) is 10.3. The Morgan fingerprint density at radius 1 is 1.43 bits per heavy atom. The van der Waals surface area contributed by atoms with Crippen LogP contribution < -0.4 is 0 Å². The lowest BCUT2D eigenvalue weighted by Crippen LogP contribution is -2.18. The Morgan fingerprint density at radius 3 is 2.64 bits per heavy atom. The SMILES string of the molecule is CSC1CCC(n2cc[nH]c2=S)CC1. The highest BCUT2D eigenvalue weighted by Crippen LogP contribution is 2.33. The standard InChI is InChI=1S/C10H16N2S2/c1-14-9-4-2-8(3-5-9)12-7-6-11-10(12)13/h6-9H,2-5H2,1H3,(H,11,13). The van der Waals surface area contributed by atoms with Crippen LogP contribution in [-0.4, -0.2) is 21.1 Å². The fourth-order valence-corrected chi connectivity index (χ4v) is 3.20. The molecule has 78 valence electrons. The molecule has 0 aromatic carbocycles. The van der Waals surface area contributed by atoms with Gasteiger partial charge in [-0.2, -0.15) is 11.8 Å². The number of imidazole rings is 1. The second kappa shape index (κ2) is 4.53. The van der Waals surface area contributed by atoms with Gasteiger partial charge in [0.2, 0.25) is 0 Å². The number of rotatable bonds is 2. The molecule has 1 aromatic heterocycles. The molecule has 2 rings (SSSR count). The van der Waals surface area contributed by atoms with Crippen LogP contribution in [0.3, 0.4) is 0 Å². The molecule has 14 heavy (non-hydrogen) atoms. The van der Waals surface area contributed by atoms with Crippen LogP contribution in [0.4, 0.5) is 0 Å². The maximum atomic E-state index is 5.23. The Hall–Kier alpha value is -0.220. The number of hydrogen-bond acceptors (Lipinski definition) is 2. The summed E-state index contributed by atoms with van der Waals surface area (Å²) in [7, 11) is 0. The third kappa shape index (κ3) is 2.06. The predicted octanol–water partition coefficient (Wildman–Crippen LogP) is 3.39. The van der Waals surface area contributed by atoms with E-state index in [1.54, 1.807) is 0 Å². The van der Waals surface area contributed by atoms with Crippen LogP contribution >= 0.6 is 24.0 Å². The molecule has 1 N–H and O–H groups in total. The third-order valence-corrected chi connectivity index (χ3v) is 4.51. The highest BCUT2D eigenvalue weighted by molar-refractivity contribution is 7.99. The number of aromatic amines is 1. The van der Waals surface area contributed by atoms with Crippen molar-refractivity contribution in [2.24, 2.45) is 0 Å². The Morgan fingerprint density at radius 2 is 2.14 bits per heavy atom. The van der Waals surface area contributed by atoms with E-state index in [2.05, 4.69) is 22.0 Å². The van der Waals surface area contributed by atoms with Crippen molar-refractivity contribution in [2.75, 3.05) is 6.26 Å². The van der Waals surface area contributed by atoms with Crippen LogP contribution in [0.15, 0.2) is 12.4 Å². The van der Waals surface area contributed by atoms with Gasteiger partial charge in [0.15, 0.2) is 4.77 Å². The predicted molar refractivity (Wildman–Crippen MR) is 64.4 cm³/mol. The number of thioether (sulfide) groups is 1. The molecule has 0 spiro atoms. The van der Waals surface area contributed by atoms with Gasteiger partial charge in [-0.3, -0.25) is 0 Å². The normalized spacial score (nSPS) is 27.8. The van der Waals surface area contributed by atoms with E-state index in [4.69, 9.17) is 12.2 Å². The van der Waals surface area contributed by atoms with E-state index >= 15 is 0 Å². The zero-order chi connectivity index (χ0) is 9.97. The van der Waals surface area contributed by atoms with Gasteiger partial charge in [0.25, 0.3) is 0 Å². The summed E-state index contributed by atoms with van der Waals surface area (Å²) in [5.41, 5.74) is 0. The zero-order valence-electron chi connectivity index (χ0n) is 8.40. The minimum absolute atomic E-state index is 0.636. The van der Waals surface area contributed by atoms with Crippen molar-refractivity contribution in [3.05, 3.63) is 17.2 Å². The van der Waals surface area contributed by atoms with E-state index in [1.165, 1.54) is 25.7 Å². The largest absolute Gasteiger partial charge is 0.337 e. The van der Waals surface area contributed by atoms with Crippen LogP contribution in [0.1, 0.15) is 31.7 Å².